The Bertz CT molecular complexity index is 1040. The Morgan fingerprint density at radius 1 is 0.742 bits per heavy atom. The molecule has 0 bridgehead atoms. The third-order valence-electron chi connectivity index (χ3n) is 4.18. The van der Waals surface area contributed by atoms with Crippen LogP contribution in [0.1, 0.15) is 41.3 Å². The van der Waals surface area contributed by atoms with E-state index in [-0.39, 0.29) is 21.2 Å². The van der Waals surface area contributed by atoms with Crippen LogP contribution in [0.2, 0.25) is 0 Å². The van der Waals surface area contributed by atoms with Gasteiger partial charge in [0.1, 0.15) is 0 Å². The smallest absolute Gasteiger partial charge is 0.357 e. The Labute approximate surface area is 187 Å². The average molecular weight is 548 g/mol. The number of carboxylic acid groups (broad SMARTS) is 1. The number of benzene rings is 3. The van der Waals surface area contributed by atoms with Gasteiger partial charge < -0.3 is 9.90 Å². The third-order valence-corrected chi connectivity index (χ3v) is 6.86. The standard InChI is InChI=1S/C16H18I.C7HF5O2/c1-12(2)14-6-10-16(11-7-14)17-15-8-4-13(3)5-9-15;8-2-1(7(13)14)3(9)5(11)6(12)4(2)10/h4-12H,1-3H3;(H,13,14)/q+1;/p-1. The van der Waals surface area contributed by atoms with E-state index in [9.17, 15) is 31.9 Å². The molecule has 0 spiro atoms. The molecule has 0 amide bonds. The molecule has 0 aromatic heterocycles. The Morgan fingerprint density at radius 3 is 1.52 bits per heavy atom. The lowest BCUT2D eigenvalue weighted by molar-refractivity contribution is -0.597. The Kier molecular flexibility index (Phi) is 8.55. The molecule has 0 N–H and O–H groups in total. The number of rotatable bonds is 4. The summed E-state index contributed by atoms with van der Waals surface area (Å²) in [5.41, 5.74) is 0.802. The lowest BCUT2D eigenvalue weighted by atomic mass is 10.0. The van der Waals surface area contributed by atoms with Crippen molar-refractivity contribution in [1.82, 2.24) is 0 Å². The minimum absolute atomic E-state index is 0.0167. The van der Waals surface area contributed by atoms with Crippen LogP contribution in [-0.4, -0.2) is 5.97 Å². The molecule has 3 aromatic carbocycles. The van der Waals surface area contributed by atoms with E-state index < -0.39 is 40.6 Å². The van der Waals surface area contributed by atoms with Crippen molar-refractivity contribution in [2.24, 2.45) is 0 Å². The fourth-order valence-electron chi connectivity index (χ4n) is 2.42. The van der Waals surface area contributed by atoms with Gasteiger partial charge in [0.05, 0.1) is 11.5 Å². The van der Waals surface area contributed by atoms with Crippen LogP contribution < -0.4 is 26.3 Å². The maximum atomic E-state index is 12.5. The van der Waals surface area contributed by atoms with Gasteiger partial charge in [0.15, 0.2) is 30.4 Å². The molecule has 0 aliphatic rings. The van der Waals surface area contributed by atoms with Crippen molar-refractivity contribution in [3.8, 4) is 0 Å². The van der Waals surface area contributed by atoms with Gasteiger partial charge in [0.2, 0.25) is 5.82 Å². The minimum Gasteiger partial charge on any atom is -0.545 e. The lowest BCUT2D eigenvalue weighted by Crippen LogP contribution is -3.61. The third kappa shape index (κ3) is 6.25. The van der Waals surface area contributed by atoms with Crippen molar-refractivity contribution in [2.75, 3.05) is 0 Å². The monoisotopic (exact) mass is 548 g/mol. The predicted octanol–water partition coefficient (Wildman–Crippen LogP) is 1.99. The normalized spacial score (nSPS) is 10.6. The molecule has 31 heavy (non-hydrogen) atoms. The van der Waals surface area contributed by atoms with E-state index in [0.29, 0.717) is 5.92 Å². The van der Waals surface area contributed by atoms with Gasteiger partial charge in [0, 0.05) is 0 Å². The Balaban J connectivity index is 0.000000225. The highest BCUT2D eigenvalue weighted by Gasteiger charge is 2.26. The summed E-state index contributed by atoms with van der Waals surface area (Å²) in [7, 11) is 0. The van der Waals surface area contributed by atoms with Crippen LogP contribution in [0.15, 0.2) is 48.5 Å². The molecular formula is C23H18F5IO2. The summed E-state index contributed by atoms with van der Waals surface area (Å²) >= 11 is -0.0167. The molecule has 3 aromatic rings. The molecule has 0 fully saturated rings. The number of aryl methyl sites for hydroxylation is 1. The minimum atomic E-state index is -2.47. The number of carbonyl (C=O) groups is 1. The second-order valence-corrected chi connectivity index (χ2v) is 9.86. The zero-order valence-corrected chi connectivity index (χ0v) is 18.9. The van der Waals surface area contributed by atoms with Crippen LogP contribution in [0.3, 0.4) is 0 Å². The van der Waals surface area contributed by atoms with Crippen LogP contribution in [0, 0.1) is 43.2 Å². The molecule has 0 atom stereocenters. The lowest BCUT2D eigenvalue weighted by Gasteiger charge is -2.07. The summed E-state index contributed by atoms with van der Waals surface area (Å²) in [6.45, 7) is 6.62. The molecule has 0 saturated carbocycles. The number of hydrogen-bond acceptors (Lipinski definition) is 2. The number of halogens is 6. The van der Waals surface area contributed by atoms with E-state index in [1.807, 2.05) is 0 Å². The quantitative estimate of drug-likeness (QED) is 0.217. The first kappa shape index (κ1) is 24.8. The van der Waals surface area contributed by atoms with E-state index in [1.54, 1.807) is 0 Å². The number of hydrogen-bond donors (Lipinski definition) is 0. The van der Waals surface area contributed by atoms with Gasteiger partial charge in [0.25, 0.3) is 0 Å². The summed E-state index contributed by atoms with van der Waals surface area (Å²) in [5.74, 6) is -13.7. The zero-order valence-electron chi connectivity index (χ0n) is 16.8. The molecule has 164 valence electrons. The topological polar surface area (TPSA) is 40.1 Å². The summed E-state index contributed by atoms with van der Waals surface area (Å²) in [5, 5.41) is 10.0. The summed E-state index contributed by atoms with van der Waals surface area (Å²) in [6, 6.07) is 18.1. The largest absolute Gasteiger partial charge is 0.545 e. The van der Waals surface area contributed by atoms with Crippen LogP contribution in [0.4, 0.5) is 22.0 Å². The first-order valence-electron chi connectivity index (χ1n) is 9.07. The van der Waals surface area contributed by atoms with Crippen molar-refractivity contribution < 1.29 is 53.1 Å². The SMILES string of the molecule is Cc1ccc([I+]c2ccc(C(C)C)cc2)cc1.O=C([O-])c1c(F)c(F)c(F)c(F)c1F. The highest BCUT2D eigenvalue weighted by Crippen LogP contribution is 2.22. The first-order valence-corrected chi connectivity index (χ1v) is 11.2. The average Bonchev–Trinajstić information content (AvgIpc) is 2.73. The molecule has 0 aliphatic carbocycles. The van der Waals surface area contributed by atoms with Crippen LogP contribution in [0.5, 0.6) is 0 Å². The van der Waals surface area contributed by atoms with Crippen LogP contribution in [0.25, 0.3) is 0 Å². The van der Waals surface area contributed by atoms with E-state index in [4.69, 9.17) is 0 Å². The molecular weight excluding hydrogens is 530 g/mol. The fraction of sp³-hybridized carbons (Fsp3) is 0.174. The van der Waals surface area contributed by atoms with Gasteiger partial charge in [-0.05, 0) is 42.7 Å². The van der Waals surface area contributed by atoms with Gasteiger partial charge in [-0.15, -0.1) is 0 Å². The van der Waals surface area contributed by atoms with Gasteiger partial charge in [-0.1, -0.05) is 43.7 Å². The van der Waals surface area contributed by atoms with Gasteiger partial charge in [-0.3, -0.25) is 0 Å². The molecule has 0 aliphatic heterocycles. The van der Waals surface area contributed by atoms with Crippen molar-refractivity contribution in [3.63, 3.8) is 0 Å². The van der Waals surface area contributed by atoms with Gasteiger partial charge >= 0.3 is 21.2 Å². The first-order chi connectivity index (χ1) is 14.5. The fourth-order valence-corrected chi connectivity index (χ4v) is 4.57. The molecule has 2 nitrogen and oxygen atoms in total. The van der Waals surface area contributed by atoms with Crippen molar-refractivity contribution >= 4 is 5.97 Å². The van der Waals surface area contributed by atoms with Crippen LogP contribution >= 0.6 is 0 Å². The van der Waals surface area contributed by atoms with Gasteiger partial charge in [-0.2, -0.15) is 0 Å². The van der Waals surface area contributed by atoms with E-state index >= 15 is 0 Å². The molecule has 0 saturated heterocycles. The number of aromatic carboxylic acids is 1. The Morgan fingerprint density at radius 2 is 1.13 bits per heavy atom. The maximum Gasteiger partial charge on any atom is 0.357 e. The second kappa shape index (κ2) is 10.7. The van der Waals surface area contributed by atoms with Gasteiger partial charge in [-0.25, -0.2) is 22.0 Å². The molecule has 0 radical (unpaired) electrons. The van der Waals surface area contributed by atoms with Crippen molar-refractivity contribution in [3.05, 3.63) is 101 Å². The van der Waals surface area contributed by atoms with Crippen molar-refractivity contribution in [2.45, 2.75) is 26.7 Å². The highest BCUT2D eigenvalue weighted by molar-refractivity contribution is 5.86. The summed E-state index contributed by atoms with van der Waals surface area (Å²) in [6.07, 6.45) is 0. The molecule has 8 heteroatoms. The predicted molar refractivity (Wildman–Crippen MR) is 99.7 cm³/mol. The van der Waals surface area contributed by atoms with E-state index in [0.717, 1.165) is 0 Å². The number of carbonyl (C=O) groups excluding carboxylic acids is 1. The van der Waals surface area contributed by atoms with Crippen LogP contribution in [-0.2, 0) is 0 Å². The second-order valence-electron chi connectivity index (χ2n) is 6.83. The molecule has 3 rings (SSSR count). The summed E-state index contributed by atoms with van der Waals surface area (Å²) < 4.78 is 65.0. The Hall–Kier alpha value is -2.49. The highest BCUT2D eigenvalue weighted by atomic mass is 127. The van der Waals surface area contributed by atoms with E-state index in [2.05, 4.69) is 69.3 Å². The maximum absolute atomic E-state index is 12.5. The zero-order chi connectivity index (χ0) is 23.3. The van der Waals surface area contributed by atoms with Crippen molar-refractivity contribution in [1.29, 1.82) is 0 Å². The molecule has 0 unspecified atom stereocenters. The molecule has 0 heterocycles. The van der Waals surface area contributed by atoms with E-state index in [1.165, 1.54) is 18.3 Å². The summed E-state index contributed by atoms with van der Waals surface area (Å²) in [4.78, 5) is 10.0. The number of carboxylic acids is 1.